The average molecular weight is 500 g/mol. The normalized spacial score (nSPS) is 15.0. The molecule has 1 atom stereocenters. The molecule has 0 saturated carbocycles. The van der Waals surface area contributed by atoms with Crippen molar-refractivity contribution < 1.29 is 18.9 Å². The van der Waals surface area contributed by atoms with Gasteiger partial charge in [0.25, 0.3) is 0 Å². The highest BCUT2D eigenvalue weighted by Gasteiger charge is 2.27. The number of hydrogen-bond donors (Lipinski definition) is 0. The largest absolute Gasteiger partial charge is 0.493 e. The topological polar surface area (TPSA) is 40.2 Å². The summed E-state index contributed by atoms with van der Waals surface area (Å²) in [7, 11) is 5.51. The molecule has 0 N–H and O–H groups in total. The van der Waals surface area contributed by atoms with Gasteiger partial charge in [-0.3, -0.25) is 4.90 Å². The Morgan fingerprint density at radius 1 is 0.892 bits per heavy atom. The van der Waals surface area contributed by atoms with E-state index in [0.717, 1.165) is 48.6 Å². The highest BCUT2D eigenvalue weighted by molar-refractivity contribution is 5.51. The first-order valence-electron chi connectivity index (χ1n) is 12.7. The van der Waals surface area contributed by atoms with Crippen LogP contribution in [-0.2, 0) is 19.3 Å². The van der Waals surface area contributed by atoms with Gasteiger partial charge in [-0.15, -0.1) is 0 Å². The fraction of sp³-hybridized carbons (Fsp3) is 0.312. The van der Waals surface area contributed by atoms with Crippen LogP contribution in [-0.4, -0.2) is 32.7 Å². The van der Waals surface area contributed by atoms with Crippen LogP contribution in [0.3, 0.4) is 0 Å². The summed E-state index contributed by atoms with van der Waals surface area (Å²) < 4.78 is 23.3. The van der Waals surface area contributed by atoms with Crippen LogP contribution in [0.1, 0.15) is 42.1 Å². The van der Waals surface area contributed by atoms with Crippen molar-refractivity contribution in [2.45, 2.75) is 39.2 Å². The van der Waals surface area contributed by atoms with E-state index in [4.69, 9.17) is 18.9 Å². The predicted molar refractivity (Wildman–Crippen MR) is 149 cm³/mol. The maximum Gasteiger partial charge on any atom is 0.169 e. The average Bonchev–Trinajstić information content (AvgIpc) is 2.90. The first-order chi connectivity index (χ1) is 17.8. The van der Waals surface area contributed by atoms with Crippen LogP contribution in [0.4, 0.5) is 0 Å². The second kappa shape index (κ2) is 11.6. The van der Waals surface area contributed by atoms with Crippen molar-refractivity contribution >= 4 is 0 Å². The summed E-state index contributed by atoms with van der Waals surface area (Å²) in [5, 5.41) is 0. The molecule has 3 aromatic carbocycles. The lowest BCUT2D eigenvalue weighted by atomic mass is 9.88. The SMILES string of the molecule is C=C(C)C(=C)Oc1cc2c(cc1OC)CCN(C)[C@H]2Cc1ccc(Oc2cc(CC)ccc2OC)cc1. The van der Waals surface area contributed by atoms with Gasteiger partial charge in [0.15, 0.2) is 23.0 Å². The zero-order valence-corrected chi connectivity index (χ0v) is 22.6. The molecule has 0 saturated heterocycles. The summed E-state index contributed by atoms with van der Waals surface area (Å²) >= 11 is 0. The Balaban J connectivity index is 1.56. The van der Waals surface area contributed by atoms with Gasteiger partial charge in [0.1, 0.15) is 11.5 Å². The van der Waals surface area contributed by atoms with Crippen molar-refractivity contribution in [1.29, 1.82) is 0 Å². The molecule has 1 aliphatic heterocycles. The molecule has 5 nitrogen and oxygen atoms in total. The molecule has 1 aliphatic rings. The monoisotopic (exact) mass is 499 g/mol. The van der Waals surface area contributed by atoms with E-state index >= 15 is 0 Å². The van der Waals surface area contributed by atoms with Gasteiger partial charge in [-0.2, -0.15) is 0 Å². The van der Waals surface area contributed by atoms with Crippen LogP contribution < -0.4 is 18.9 Å². The van der Waals surface area contributed by atoms with Crippen molar-refractivity contribution in [3.63, 3.8) is 0 Å². The van der Waals surface area contributed by atoms with Crippen molar-refractivity contribution in [2.24, 2.45) is 0 Å². The second-order valence-electron chi connectivity index (χ2n) is 9.54. The number of rotatable bonds is 10. The fourth-order valence-corrected chi connectivity index (χ4v) is 4.62. The zero-order chi connectivity index (χ0) is 26.5. The van der Waals surface area contributed by atoms with Crippen LogP contribution in [0.2, 0.25) is 0 Å². The predicted octanol–water partition coefficient (Wildman–Crippen LogP) is 7.30. The molecule has 0 unspecified atom stereocenters. The van der Waals surface area contributed by atoms with Gasteiger partial charge in [0, 0.05) is 12.6 Å². The minimum atomic E-state index is 0.211. The van der Waals surface area contributed by atoms with Gasteiger partial charge < -0.3 is 18.9 Å². The minimum absolute atomic E-state index is 0.211. The van der Waals surface area contributed by atoms with Gasteiger partial charge in [0.05, 0.1) is 14.2 Å². The van der Waals surface area contributed by atoms with E-state index in [0.29, 0.717) is 17.3 Å². The highest BCUT2D eigenvalue weighted by atomic mass is 16.5. The van der Waals surface area contributed by atoms with Crippen LogP contribution >= 0.6 is 0 Å². The molecule has 37 heavy (non-hydrogen) atoms. The Morgan fingerprint density at radius 3 is 2.24 bits per heavy atom. The number of fused-ring (bicyclic) bond motifs is 1. The molecule has 5 heteroatoms. The maximum absolute atomic E-state index is 6.18. The third-order valence-electron chi connectivity index (χ3n) is 6.98. The standard InChI is InChI=1S/C32H37NO4/c1-8-23-11-14-29(34-6)31(18-23)37-26-12-9-24(10-13-26)17-28-27-20-32(36-22(4)21(2)3)30(35-7)19-25(27)15-16-33(28)5/h9-14,18-20,28H,2,4,8,15-17H2,1,3,5-7H3/t28-/m0/s1. The van der Waals surface area contributed by atoms with E-state index < -0.39 is 0 Å². The van der Waals surface area contributed by atoms with Gasteiger partial charge in [-0.05, 0) is 97.5 Å². The number of likely N-dealkylation sites (N-methyl/N-ethyl adjacent to an activating group) is 1. The Bertz CT molecular complexity index is 1280. The van der Waals surface area contributed by atoms with E-state index in [9.17, 15) is 0 Å². The molecular weight excluding hydrogens is 462 g/mol. The smallest absolute Gasteiger partial charge is 0.169 e. The summed E-state index contributed by atoms with van der Waals surface area (Å²) in [5.41, 5.74) is 5.76. The summed E-state index contributed by atoms with van der Waals surface area (Å²) in [6.07, 6.45) is 2.77. The number of hydrogen-bond acceptors (Lipinski definition) is 5. The lowest BCUT2D eigenvalue weighted by Gasteiger charge is -2.35. The fourth-order valence-electron chi connectivity index (χ4n) is 4.62. The van der Waals surface area contributed by atoms with Crippen molar-refractivity contribution in [3.05, 3.63) is 101 Å². The Kier molecular flexibility index (Phi) is 8.24. The van der Waals surface area contributed by atoms with Gasteiger partial charge in [0.2, 0.25) is 0 Å². The molecule has 0 spiro atoms. The molecule has 0 bridgehead atoms. The molecule has 0 radical (unpaired) electrons. The van der Waals surface area contributed by atoms with E-state index in [2.05, 4.69) is 62.4 Å². The molecule has 0 aromatic heterocycles. The molecule has 0 fully saturated rings. The molecule has 3 aromatic rings. The molecular formula is C32H37NO4. The van der Waals surface area contributed by atoms with Crippen LogP contribution in [0, 0.1) is 0 Å². The van der Waals surface area contributed by atoms with Crippen molar-refractivity contribution in [2.75, 3.05) is 27.8 Å². The summed E-state index contributed by atoms with van der Waals surface area (Å²) in [4.78, 5) is 2.40. The molecule has 194 valence electrons. The molecule has 0 amide bonds. The maximum atomic E-state index is 6.18. The van der Waals surface area contributed by atoms with E-state index in [1.807, 2.05) is 31.2 Å². The minimum Gasteiger partial charge on any atom is -0.493 e. The summed E-state index contributed by atoms with van der Waals surface area (Å²) in [6, 6.07) is 18.8. The quantitative estimate of drug-likeness (QED) is 0.216. The molecule has 0 aliphatic carbocycles. The first kappa shape index (κ1) is 26.4. The lowest BCUT2D eigenvalue weighted by molar-refractivity contribution is 0.228. The third-order valence-corrected chi connectivity index (χ3v) is 6.98. The number of benzene rings is 3. The van der Waals surface area contributed by atoms with Crippen molar-refractivity contribution in [3.8, 4) is 28.7 Å². The highest BCUT2D eigenvalue weighted by Crippen LogP contribution is 2.40. The second-order valence-corrected chi connectivity index (χ2v) is 9.54. The number of nitrogens with zero attached hydrogens (tertiary/aromatic N) is 1. The van der Waals surface area contributed by atoms with Gasteiger partial charge >= 0.3 is 0 Å². The van der Waals surface area contributed by atoms with Crippen LogP contribution in [0.25, 0.3) is 0 Å². The summed E-state index contributed by atoms with van der Waals surface area (Å²) in [6.45, 7) is 12.9. The Hall–Kier alpha value is -3.70. The van der Waals surface area contributed by atoms with E-state index in [1.165, 1.54) is 22.3 Å². The number of ether oxygens (including phenoxy) is 4. The van der Waals surface area contributed by atoms with Gasteiger partial charge in [-0.25, -0.2) is 0 Å². The third kappa shape index (κ3) is 6.00. The zero-order valence-electron chi connectivity index (χ0n) is 22.6. The van der Waals surface area contributed by atoms with Crippen LogP contribution in [0.5, 0.6) is 28.7 Å². The Labute approximate surface area is 220 Å². The number of methoxy groups -OCH3 is 2. The molecule has 4 rings (SSSR count). The number of aryl methyl sites for hydroxylation is 1. The van der Waals surface area contributed by atoms with Crippen LogP contribution in [0.15, 0.2) is 79.1 Å². The first-order valence-corrected chi connectivity index (χ1v) is 12.7. The number of allylic oxidation sites excluding steroid dienone is 1. The summed E-state index contributed by atoms with van der Waals surface area (Å²) in [5.74, 6) is 4.16. The van der Waals surface area contributed by atoms with Gasteiger partial charge in [-0.1, -0.05) is 38.3 Å². The van der Waals surface area contributed by atoms with Crippen molar-refractivity contribution in [1.82, 2.24) is 4.90 Å². The van der Waals surface area contributed by atoms with E-state index in [-0.39, 0.29) is 6.04 Å². The lowest BCUT2D eigenvalue weighted by Crippen LogP contribution is -2.33. The Morgan fingerprint density at radius 2 is 1.59 bits per heavy atom. The molecule has 1 heterocycles. The van der Waals surface area contributed by atoms with E-state index in [1.54, 1.807) is 14.2 Å².